The van der Waals surface area contributed by atoms with Gasteiger partial charge in [0.2, 0.25) is 0 Å². The Labute approximate surface area is 113 Å². The molecule has 0 saturated carbocycles. The van der Waals surface area contributed by atoms with Gasteiger partial charge in [-0.2, -0.15) is 0 Å². The van der Waals surface area contributed by atoms with Crippen LogP contribution in [0, 0.1) is 6.92 Å². The first-order valence-corrected chi connectivity index (χ1v) is 6.55. The predicted octanol–water partition coefficient (Wildman–Crippen LogP) is 3.26. The lowest BCUT2D eigenvalue weighted by Gasteiger charge is -2.17. The number of hydrogen-bond donors (Lipinski definition) is 1. The van der Waals surface area contributed by atoms with Crippen LogP contribution >= 0.6 is 0 Å². The largest absolute Gasteiger partial charge is 0.493 e. The van der Waals surface area contributed by atoms with Crippen molar-refractivity contribution < 1.29 is 9.84 Å². The van der Waals surface area contributed by atoms with Crippen LogP contribution in [0.25, 0.3) is 0 Å². The number of aromatic nitrogens is 1. The number of ether oxygens (including phenoxy) is 1. The number of benzene rings is 1. The van der Waals surface area contributed by atoms with Crippen molar-refractivity contribution in [3.63, 3.8) is 0 Å². The highest BCUT2D eigenvalue weighted by atomic mass is 16.5. The van der Waals surface area contributed by atoms with Gasteiger partial charge in [-0.15, -0.1) is 0 Å². The van der Waals surface area contributed by atoms with E-state index in [9.17, 15) is 5.11 Å². The van der Waals surface area contributed by atoms with Crippen molar-refractivity contribution in [2.24, 2.45) is 0 Å². The molecule has 100 valence electrons. The lowest BCUT2D eigenvalue weighted by molar-refractivity contribution is 0.209. The lowest BCUT2D eigenvalue weighted by atomic mass is 10.00. The van der Waals surface area contributed by atoms with Crippen molar-refractivity contribution in [3.05, 3.63) is 59.4 Å². The van der Waals surface area contributed by atoms with Crippen LogP contribution in [0.5, 0.6) is 5.75 Å². The molecule has 1 heterocycles. The maximum absolute atomic E-state index is 10.5. The molecular weight excluding hydrogens is 238 g/mol. The Morgan fingerprint density at radius 2 is 1.89 bits per heavy atom. The van der Waals surface area contributed by atoms with Crippen molar-refractivity contribution in [1.29, 1.82) is 0 Å². The van der Waals surface area contributed by atoms with E-state index in [4.69, 9.17) is 4.74 Å². The molecule has 2 rings (SSSR count). The summed E-state index contributed by atoms with van der Waals surface area (Å²) < 4.78 is 5.69. The molecule has 1 atom stereocenters. The van der Waals surface area contributed by atoms with E-state index < -0.39 is 6.10 Å². The zero-order valence-corrected chi connectivity index (χ0v) is 11.3. The second kappa shape index (κ2) is 6.34. The quantitative estimate of drug-likeness (QED) is 0.894. The summed E-state index contributed by atoms with van der Waals surface area (Å²) >= 11 is 0. The summed E-state index contributed by atoms with van der Waals surface area (Å²) in [7, 11) is 0. The summed E-state index contributed by atoms with van der Waals surface area (Å²) in [6, 6.07) is 11.3. The molecule has 0 aliphatic carbocycles. The van der Waals surface area contributed by atoms with Crippen LogP contribution in [0.3, 0.4) is 0 Å². The zero-order chi connectivity index (χ0) is 13.7. The van der Waals surface area contributed by atoms with Crippen molar-refractivity contribution >= 4 is 0 Å². The Balaban J connectivity index is 2.33. The summed E-state index contributed by atoms with van der Waals surface area (Å²) in [4.78, 5) is 4.22. The summed E-state index contributed by atoms with van der Waals surface area (Å²) in [5.74, 6) is 0.736. The van der Waals surface area contributed by atoms with Crippen LogP contribution in [0.15, 0.2) is 42.6 Å². The van der Waals surface area contributed by atoms with Gasteiger partial charge in [-0.3, -0.25) is 4.98 Å². The summed E-state index contributed by atoms with van der Waals surface area (Å²) in [6.45, 7) is 4.61. The van der Waals surface area contributed by atoms with E-state index in [0.717, 1.165) is 29.0 Å². The van der Waals surface area contributed by atoms with Gasteiger partial charge in [-0.25, -0.2) is 0 Å². The smallest absolute Gasteiger partial charge is 0.125 e. The molecule has 0 radical (unpaired) electrons. The fourth-order valence-electron chi connectivity index (χ4n) is 2.00. The monoisotopic (exact) mass is 257 g/mol. The molecule has 1 aromatic heterocycles. The maximum Gasteiger partial charge on any atom is 0.125 e. The van der Waals surface area contributed by atoms with Crippen molar-refractivity contribution in [2.45, 2.75) is 26.4 Å². The SMILES string of the molecule is CCCOc1ccccc1C(O)c1cccnc1C. The van der Waals surface area contributed by atoms with Crippen molar-refractivity contribution in [1.82, 2.24) is 4.98 Å². The summed E-state index contributed by atoms with van der Waals surface area (Å²) in [5, 5.41) is 10.5. The number of pyridine rings is 1. The second-order valence-corrected chi connectivity index (χ2v) is 4.47. The topological polar surface area (TPSA) is 42.4 Å². The predicted molar refractivity (Wildman–Crippen MR) is 75.3 cm³/mol. The molecule has 0 fully saturated rings. The van der Waals surface area contributed by atoms with E-state index >= 15 is 0 Å². The lowest BCUT2D eigenvalue weighted by Crippen LogP contribution is -2.06. The zero-order valence-electron chi connectivity index (χ0n) is 11.3. The van der Waals surface area contributed by atoms with E-state index in [1.165, 1.54) is 0 Å². The van der Waals surface area contributed by atoms with E-state index in [0.29, 0.717) is 6.61 Å². The molecule has 0 amide bonds. The van der Waals surface area contributed by atoms with Crippen molar-refractivity contribution in [2.75, 3.05) is 6.61 Å². The molecule has 0 aliphatic rings. The highest BCUT2D eigenvalue weighted by Gasteiger charge is 2.17. The second-order valence-electron chi connectivity index (χ2n) is 4.47. The van der Waals surface area contributed by atoms with Gasteiger partial charge < -0.3 is 9.84 Å². The van der Waals surface area contributed by atoms with Gasteiger partial charge in [0.25, 0.3) is 0 Å². The Morgan fingerprint density at radius 3 is 2.63 bits per heavy atom. The normalized spacial score (nSPS) is 12.2. The molecule has 0 spiro atoms. The molecular formula is C16H19NO2. The van der Waals surface area contributed by atoms with Gasteiger partial charge in [-0.1, -0.05) is 31.2 Å². The highest BCUT2D eigenvalue weighted by Crippen LogP contribution is 2.30. The van der Waals surface area contributed by atoms with E-state index in [-0.39, 0.29) is 0 Å². The molecule has 2 aromatic rings. The van der Waals surface area contributed by atoms with E-state index in [2.05, 4.69) is 11.9 Å². The molecule has 19 heavy (non-hydrogen) atoms. The first-order chi connectivity index (χ1) is 9.24. The Hall–Kier alpha value is -1.87. The molecule has 0 bridgehead atoms. The molecule has 0 aliphatic heterocycles. The van der Waals surface area contributed by atoms with Crippen LogP contribution in [0.4, 0.5) is 0 Å². The third-order valence-corrected chi connectivity index (χ3v) is 3.02. The number of para-hydroxylation sites is 1. The molecule has 3 heteroatoms. The third kappa shape index (κ3) is 3.12. The average Bonchev–Trinajstić information content (AvgIpc) is 2.45. The number of nitrogens with zero attached hydrogens (tertiary/aromatic N) is 1. The summed E-state index contributed by atoms with van der Waals surface area (Å²) in [5.41, 5.74) is 2.43. The van der Waals surface area contributed by atoms with Crippen LogP contribution in [0.2, 0.25) is 0 Å². The maximum atomic E-state index is 10.5. The molecule has 1 N–H and O–H groups in total. The standard InChI is InChI=1S/C16H19NO2/c1-3-11-19-15-9-5-4-7-14(15)16(18)13-8-6-10-17-12(13)2/h4-10,16,18H,3,11H2,1-2H3. The minimum absolute atomic E-state index is 0.649. The van der Waals surface area contributed by atoms with Gasteiger partial charge >= 0.3 is 0 Å². The fraction of sp³-hybridized carbons (Fsp3) is 0.312. The minimum atomic E-state index is -0.707. The molecule has 1 unspecified atom stereocenters. The van der Waals surface area contributed by atoms with Crippen LogP contribution < -0.4 is 4.74 Å². The highest BCUT2D eigenvalue weighted by molar-refractivity contribution is 5.41. The van der Waals surface area contributed by atoms with Gasteiger partial charge in [0.05, 0.1) is 6.61 Å². The molecule has 3 nitrogen and oxygen atoms in total. The average molecular weight is 257 g/mol. The first kappa shape index (κ1) is 13.6. The minimum Gasteiger partial charge on any atom is -0.493 e. The van der Waals surface area contributed by atoms with Crippen LogP contribution in [-0.4, -0.2) is 16.7 Å². The van der Waals surface area contributed by atoms with E-state index in [1.807, 2.05) is 43.3 Å². The number of aryl methyl sites for hydroxylation is 1. The van der Waals surface area contributed by atoms with Gasteiger partial charge in [0, 0.05) is 23.0 Å². The van der Waals surface area contributed by atoms with Gasteiger partial charge in [0.1, 0.15) is 11.9 Å². The first-order valence-electron chi connectivity index (χ1n) is 6.55. The number of hydrogen-bond acceptors (Lipinski definition) is 3. The Morgan fingerprint density at radius 1 is 1.16 bits per heavy atom. The summed E-state index contributed by atoms with van der Waals surface area (Å²) in [6.07, 6.45) is 1.96. The van der Waals surface area contributed by atoms with Crippen LogP contribution in [-0.2, 0) is 0 Å². The number of rotatable bonds is 5. The van der Waals surface area contributed by atoms with Crippen LogP contribution in [0.1, 0.15) is 36.3 Å². The molecule has 0 saturated heterocycles. The van der Waals surface area contributed by atoms with Gasteiger partial charge in [0.15, 0.2) is 0 Å². The van der Waals surface area contributed by atoms with E-state index in [1.54, 1.807) is 6.20 Å². The van der Waals surface area contributed by atoms with Crippen molar-refractivity contribution in [3.8, 4) is 5.75 Å². The molecule has 1 aromatic carbocycles. The Bertz CT molecular complexity index is 540. The number of aliphatic hydroxyl groups is 1. The fourth-order valence-corrected chi connectivity index (χ4v) is 2.00. The van der Waals surface area contributed by atoms with Gasteiger partial charge in [-0.05, 0) is 25.5 Å². The Kier molecular flexibility index (Phi) is 4.53. The third-order valence-electron chi connectivity index (χ3n) is 3.02. The number of aliphatic hydroxyl groups excluding tert-OH is 1.